The number of benzene rings is 2. The average molecular weight is 444 g/mol. The summed E-state index contributed by atoms with van der Waals surface area (Å²) in [4.78, 5) is 28.2. The minimum absolute atomic E-state index is 0.179. The van der Waals surface area contributed by atoms with Gasteiger partial charge in [-0.15, -0.1) is 0 Å². The SMILES string of the molecule is COc1ccc([C@@H]2Sc3[nH]c(=O)sc3[C@H](c3ccc(C)cc3)[C@H]2C(=O)O)cc1OC. The van der Waals surface area contributed by atoms with E-state index in [2.05, 4.69) is 4.98 Å². The van der Waals surface area contributed by atoms with Crippen LogP contribution >= 0.6 is 23.1 Å². The number of thioether (sulfide) groups is 1. The summed E-state index contributed by atoms with van der Waals surface area (Å²) >= 11 is 2.47. The van der Waals surface area contributed by atoms with Crippen molar-refractivity contribution in [3.05, 3.63) is 73.7 Å². The number of carboxylic acids is 1. The van der Waals surface area contributed by atoms with Gasteiger partial charge in [0.15, 0.2) is 11.5 Å². The molecule has 1 aliphatic heterocycles. The zero-order valence-corrected chi connectivity index (χ0v) is 18.3. The van der Waals surface area contributed by atoms with Gasteiger partial charge in [0, 0.05) is 10.8 Å². The summed E-state index contributed by atoms with van der Waals surface area (Å²) in [5.74, 6) is -0.972. The number of thiazole rings is 1. The molecule has 156 valence electrons. The van der Waals surface area contributed by atoms with Crippen molar-refractivity contribution in [2.75, 3.05) is 14.2 Å². The summed E-state index contributed by atoms with van der Waals surface area (Å²) in [6.45, 7) is 1.99. The van der Waals surface area contributed by atoms with Gasteiger partial charge < -0.3 is 19.6 Å². The lowest BCUT2D eigenvalue weighted by atomic mass is 9.80. The highest BCUT2D eigenvalue weighted by molar-refractivity contribution is 7.99. The van der Waals surface area contributed by atoms with E-state index < -0.39 is 23.1 Å². The van der Waals surface area contributed by atoms with Gasteiger partial charge in [-0.05, 0) is 30.2 Å². The number of methoxy groups -OCH3 is 2. The van der Waals surface area contributed by atoms with Crippen LogP contribution in [0.15, 0.2) is 52.3 Å². The number of hydrogen-bond donors (Lipinski definition) is 2. The number of nitrogens with one attached hydrogen (secondary N) is 1. The minimum Gasteiger partial charge on any atom is -0.493 e. The Labute approximate surface area is 181 Å². The zero-order valence-electron chi connectivity index (χ0n) is 16.7. The highest BCUT2D eigenvalue weighted by Gasteiger charge is 2.45. The molecule has 0 radical (unpaired) electrons. The van der Waals surface area contributed by atoms with E-state index in [1.165, 1.54) is 11.8 Å². The third-order valence-corrected chi connectivity index (χ3v) is 7.78. The molecule has 0 amide bonds. The maximum atomic E-state index is 12.5. The Morgan fingerprint density at radius 1 is 1.03 bits per heavy atom. The summed E-state index contributed by atoms with van der Waals surface area (Å²) < 4.78 is 10.7. The van der Waals surface area contributed by atoms with Gasteiger partial charge in [-0.1, -0.05) is 59.0 Å². The van der Waals surface area contributed by atoms with E-state index in [9.17, 15) is 14.7 Å². The van der Waals surface area contributed by atoms with Crippen molar-refractivity contribution in [1.82, 2.24) is 4.98 Å². The third kappa shape index (κ3) is 3.61. The van der Waals surface area contributed by atoms with Crippen LogP contribution in [-0.2, 0) is 4.79 Å². The standard InChI is InChI=1S/C22H21NO5S2/c1-11-4-6-12(7-5-11)16-17(21(24)25)18(29-20-19(16)30-22(26)23-20)13-8-9-14(27-2)15(10-13)28-3/h4-10,16-18H,1-3H3,(H,23,26)(H,24,25)/t16-,17-,18+/m1/s1. The fourth-order valence-electron chi connectivity index (χ4n) is 3.87. The predicted octanol–water partition coefficient (Wildman–Crippen LogP) is 4.44. The lowest BCUT2D eigenvalue weighted by molar-refractivity contribution is -0.142. The molecule has 30 heavy (non-hydrogen) atoms. The minimum atomic E-state index is -0.903. The normalized spacial score (nSPS) is 20.4. The number of aromatic amines is 1. The lowest BCUT2D eigenvalue weighted by Gasteiger charge is -2.35. The molecule has 1 aliphatic rings. The fraction of sp³-hybridized carbons (Fsp3) is 0.273. The first-order valence-electron chi connectivity index (χ1n) is 9.34. The van der Waals surface area contributed by atoms with E-state index in [0.717, 1.165) is 37.9 Å². The van der Waals surface area contributed by atoms with Gasteiger partial charge in [-0.25, -0.2) is 0 Å². The molecule has 4 rings (SSSR count). The molecule has 0 saturated heterocycles. The van der Waals surface area contributed by atoms with Crippen molar-refractivity contribution in [2.45, 2.75) is 23.1 Å². The van der Waals surface area contributed by atoms with Crippen LogP contribution in [-0.4, -0.2) is 30.3 Å². The molecule has 2 heterocycles. The highest BCUT2D eigenvalue weighted by atomic mass is 32.2. The number of aryl methyl sites for hydroxylation is 1. The first-order chi connectivity index (χ1) is 14.4. The number of fused-ring (bicyclic) bond motifs is 1. The van der Waals surface area contributed by atoms with E-state index in [-0.39, 0.29) is 4.87 Å². The molecule has 6 nitrogen and oxygen atoms in total. The van der Waals surface area contributed by atoms with Gasteiger partial charge in [0.05, 0.1) is 30.4 Å². The Morgan fingerprint density at radius 3 is 2.33 bits per heavy atom. The number of rotatable bonds is 5. The molecule has 2 aromatic carbocycles. The summed E-state index contributed by atoms with van der Waals surface area (Å²) in [7, 11) is 3.11. The van der Waals surface area contributed by atoms with E-state index in [1.54, 1.807) is 20.3 Å². The molecule has 0 bridgehead atoms. The first kappa shape index (κ1) is 20.6. The maximum absolute atomic E-state index is 12.5. The van der Waals surface area contributed by atoms with Gasteiger partial charge in [-0.3, -0.25) is 9.59 Å². The highest BCUT2D eigenvalue weighted by Crippen LogP contribution is 2.56. The monoisotopic (exact) mass is 443 g/mol. The van der Waals surface area contributed by atoms with Gasteiger partial charge >= 0.3 is 10.8 Å². The summed E-state index contributed by atoms with van der Waals surface area (Å²) in [6, 6.07) is 13.3. The Hall–Kier alpha value is -2.71. The molecule has 8 heteroatoms. The smallest absolute Gasteiger partial charge is 0.308 e. The summed E-state index contributed by atoms with van der Waals surface area (Å²) in [5, 5.41) is 10.6. The fourth-order valence-corrected chi connectivity index (χ4v) is 6.46. The number of aliphatic carboxylic acids is 1. The Kier molecular flexibility index (Phi) is 5.62. The molecule has 0 spiro atoms. The van der Waals surface area contributed by atoms with E-state index >= 15 is 0 Å². The first-order valence-corrected chi connectivity index (χ1v) is 11.0. The predicted molar refractivity (Wildman–Crippen MR) is 117 cm³/mol. The van der Waals surface area contributed by atoms with Crippen LogP contribution in [0, 0.1) is 12.8 Å². The second-order valence-electron chi connectivity index (χ2n) is 7.11. The lowest BCUT2D eigenvalue weighted by Crippen LogP contribution is -2.30. The Bertz CT molecular complexity index is 1140. The average Bonchev–Trinajstić information content (AvgIpc) is 3.12. The Balaban J connectivity index is 1.89. The third-order valence-electron chi connectivity index (χ3n) is 5.31. The van der Waals surface area contributed by atoms with Crippen molar-refractivity contribution < 1.29 is 19.4 Å². The number of ether oxygens (including phenoxy) is 2. The van der Waals surface area contributed by atoms with Gasteiger partial charge in [0.2, 0.25) is 0 Å². The summed E-state index contributed by atoms with van der Waals surface area (Å²) in [6.07, 6.45) is 0. The Morgan fingerprint density at radius 2 is 1.70 bits per heavy atom. The van der Waals surface area contributed by atoms with Crippen LogP contribution in [0.2, 0.25) is 0 Å². The van der Waals surface area contributed by atoms with Crippen molar-refractivity contribution in [3.8, 4) is 11.5 Å². The largest absolute Gasteiger partial charge is 0.493 e. The number of hydrogen-bond acceptors (Lipinski definition) is 6. The van der Waals surface area contributed by atoms with Crippen molar-refractivity contribution >= 4 is 29.1 Å². The second-order valence-corrected chi connectivity index (χ2v) is 9.28. The van der Waals surface area contributed by atoms with Crippen LogP contribution in [0.3, 0.4) is 0 Å². The number of carbonyl (C=O) groups is 1. The summed E-state index contributed by atoms with van der Waals surface area (Å²) in [5.41, 5.74) is 2.78. The van der Waals surface area contributed by atoms with Crippen molar-refractivity contribution in [2.24, 2.45) is 5.92 Å². The topological polar surface area (TPSA) is 88.6 Å². The molecular weight excluding hydrogens is 422 g/mol. The van der Waals surface area contributed by atoms with E-state index in [0.29, 0.717) is 11.5 Å². The van der Waals surface area contributed by atoms with Crippen molar-refractivity contribution in [3.63, 3.8) is 0 Å². The van der Waals surface area contributed by atoms with Gasteiger partial charge in [0.25, 0.3) is 0 Å². The number of carboxylic acid groups (broad SMARTS) is 1. The number of H-pyrrole nitrogens is 1. The molecule has 3 aromatic rings. The number of aromatic nitrogens is 1. The molecule has 0 unspecified atom stereocenters. The molecule has 0 saturated carbocycles. The molecular formula is C22H21NO5S2. The van der Waals surface area contributed by atoms with E-state index in [1.807, 2.05) is 43.3 Å². The zero-order chi connectivity index (χ0) is 21.4. The molecule has 0 aliphatic carbocycles. The molecule has 3 atom stereocenters. The quantitative estimate of drug-likeness (QED) is 0.606. The maximum Gasteiger partial charge on any atom is 0.308 e. The molecule has 1 aromatic heterocycles. The second kappa shape index (κ2) is 8.20. The van der Waals surface area contributed by atoms with E-state index in [4.69, 9.17) is 9.47 Å². The van der Waals surface area contributed by atoms with Crippen LogP contribution in [0.5, 0.6) is 11.5 Å². The van der Waals surface area contributed by atoms with Gasteiger partial charge in [-0.2, -0.15) is 0 Å². The van der Waals surface area contributed by atoms with Gasteiger partial charge in [0.1, 0.15) is 0 Å². The van der Waals surface area contributed by atoms with Crippen molar-refractivity contribution in [1.29, 1.82) is 0 Å². The van der Waals surface area contributed by atoms with Crippen LogP contribution < -0.4 is 14.3 Å². The van der Waals surface area contributed by atoms with Crippen LogP contribution in [0.4, 0.5) is 0 Å². The van der Waals surface area contributed by atoms with Crippen LogP contribution in [0.25, 0.3) is 0 Å². The molecule has 2 N–H and O–H groups in total. The van der Waals surface area contributed by atoms with Crippen LogP contribution in [0.1, 0.15) is 32.7 Å². The molecule has 0 fully saturated rings.